The highest BCUT2D eigenvalue weighted by Crippen LogP contribution is 2.28. The van der Waals surface area contributed by atoms with Gasteiger partial charge in [-0.15, -0.1) is 0 Å². The van der Waals surface area contributed by atoms with Gasteiger partial charge in [0.15, 0.2) is 0 Å². The summed E-state index contributed by atoms with van der Waals surface area (Å²) in [5, 5.41) is 0. The molecule has 0 N–H and O–H groups in total. The number of benzene rings is 1. The van der Waals surface area contributed by atoms with Crippen LogP contribution in [0.2, 0.25) is 0 Å². The van der Waals surface area contributed by atoms with E-state index in [2.05, 4.69) is 6.92 Å². The molecule has 0 spiro atoms. The Morgan fingerprint density at radius 1 is 1.00 bits per heavy atom. The van der Waals surface area contributed by atoms with Gasteiger partial charge >= 0.3 is 0 Å². The van der Waals surface area contributed by atoms with Crippen molar-refractivity contribution in [2.75, 3.05) is 13.1 Å². The molecule has 1 aliphatic rings. The largest absolute Gasteiger partial charge is 0.261 e. The van der Waals surface area contributed by atoms with Crippen LogP contribution in [0.5, 0.6) is 0 Å². The molecule has 5 nitrogen and oxygen atoms in total. The summed E-state index contributed by atoms with van der Waals surface area (Å²) in [6.45, 7) is 5.13. The van der Waals surface area contributed by atoms with Crippen LogP contribution in [-0.2, 0) is 19.1 Å². The molecule has 2 unspecified atom stereocenters. The van der Waals surface area contributed by atoms with E-state index in [-0.39, 0.29) is 9.79 Å². The Kier molecular flexibility index (Phi) is 4.68. The molecule has 1 aromatic carbocycles. The fraction of sp³-hybridized carbons (Fsp3) is 0.538. The third-order valence-corrected chi connectivity index (χ3v) is 7.29. The molecule has 2 rings (SSSR count). The van der Waals surface area contributed by atoms with E-state index in [0.717, 1.165) is 6.42 Å². The molecule has 0 saturated carbocycles. The van der Waals surface area contributed by atoms with Crippen LogP contribution < -0.4 is 0 Å². The molecule has 1 heterocycles. The molecule has 118 valence electrons. The van der Waals surface area contributed by atoms with Gasteiger partial charge in [-0.05, 0) is 42.5 Å². The van der Waals surface area contributed by atoms with Gasteiger partial charge in [-0.1, -0.05) is 13.8 Å². The summed E-state index contributed by atoms with van der Waals surface area (Å²) in [7, 11) is -2.21. The summed E-state index contributed by atoms with van der Waals surface area (Å²) in [6, 6.07) is 5.00. The molecule has 21 heavy (non-hydrogen) atoms. The summed E-state index contributed by atoms with van der Waals surface area (Å²) in [5.41, 5.74) is 0. The Hall–Kier alpha value is -0.630. The van der Waals surface area contributed by atoms with Gasteiger partial charge in [0.2, 0.25) is 10.0 Å². The predicted octanol–water partition coefficient (Wildman–Crippen LogP) is 2.28. The van der Waals surface area contributed by atoms with E-state index in [0.29, 0.717) is 24.9 Å². The van der Waals surface area contributed by atoms with Crippen LogP contribution in [0.4, 0.5) is 0 Å². The van der Waals surface area contributed by atoms with Crippen molar-refractivity contribution < 1.29 is 16.8 Å². The lowest BCUT2D eigenvalue weighted by Crippen LogP contribution is -2.42. The maximum atomic E-state index is 12.5. The summed E-state index contributed by atoms with van der Waals surface area (Å²) in [5.74, 6) is 0.802. The van der Waals surface area contributed by atoms with Crippen molar-refractivity contribution in [1.82, 2.24) is 4.31 Å². The summed E-state index contributed by atoms with van der Waals surface area (Å²) in [6.07, 6.45) is 0.828. The average Bonchev–Trinajstić information content (AvgIpc) is 2.41. The number of rotatable bonds is 3. The lowest BCUT2D eigenvalue weighted by atomic mass is 9.90. The van der Waals surface area contributed by atoms with E-state index in [1.54, 1.807) is 0 Å². The highest BCUT2D eigenvalue weighted by Gasteiger charge is 2.31. The number of piperidine rings is 1. The molecule has 1 aliphatic heterocycles. The van der Waals surface area contributed by atoms with Crippen molar-refractivity contribution in [3.05, 3.63) is 24.3 Å². The van der Waals surface area contributed by atoms with Crippen LogP contribution in [0, 0.1) is 11.8 Å². The molecule has 0 bridgehead atoms. The van der Waals surface area contributed by atoms with Crippen molar-refractivity contribution in [2.45, 2.75) is 30.1 Å². The van der Waals surface area contributed by atoms with Crippen LogP contribution in [0.3, 0.4) is 0 Å². The molecule has 8 heteroatoms. The molecule has 2 atom stereocenters. The van der Waals surface area contributed by atoms with Gasteiger partial charge < -0.3 is 0 Å². The molecular formula is C13H18ClNO4S2. The fourth-order valence-corrected chi connectivity index (χ4v) is 4.69. The number of halogens is 1. The standard InChI is InChI=1S/C13H18ClNO4S2/c1-10-7-8-15(9-11(10)2)21(18,19)13-5-3-12(4-6-13)20(14,16)17/h3-6,10-11H,7-9H2,1-2H3. The molecule has 0 aromatic heterocycles. The van der Waals surface area contributed by atoms with Crippen LogP contribution in [-0.4, -0.2) is 34.2 Å². The van der Waals surface area contributed by atoms with Gasteiger partial charge in [-0.3, -0.25) is 0 Å². The molecule has 1 saturated heterocycles. The first-order valence-electron chi connectivity index (χ1n) is 6.67. The maximum Gasteiger partial charge on any atom is 0.261 e. The molecule has 0 aliphatic carbocycles. The molecule has 0 amide bonds. The Balaban J connectivity index is 2.28. The zero-order valence-corrected chi connectivity index (χ0v) is 14.2. The van der Waals surface area contributed by atoms with Crippen molar-refractivity contribution in [3.8, 4) is 0 Å². The first kappa shape index (κ1) is 16.7. The smallest absolute Gasteiger partial charge is 0.207 e. The molecule has 1 aromatic rings. The van der Waals surface area contributed by atoms with Crippen molar-refractivity contribution in [2.24, 2.45) is 11.8 Å². The Labute approximate surface area is 130 Å². The molecule has 1 fully saturated rings. The van der Waals surface area contributed by atoms with Crippen molar-refractivity contribution >= 4 is 29.8 Å². The normalized spacial score (nSPS) is 24.9. The lowest BCUT2D eigenvalue weighted by Gasteiger charge is -2.34. The Morgan fingerprint density at radius 2 is 1.52 bits per heavy atom. The van der Waals surface area contributed by atoms with E-state index in [1.807, 2.05) is 6.92 Å². The second-order valence-electron chi connectivity index (χ2n) is 5.52. The van der Waals surface area contributed by atoms with E-state index >= 15 is 0 Å². The highest BCUT2D eigenvalue weighted by molar-refractivity contribution is 8.13. The first-order valence-corrected chi connectivity index (χ1v) is 10.4. The summed E-state index contributed by atoms with van der Waals surface area (Å²) < 4.78 is 48.9. The summed E-state index contributed by atoms with van der Waals surface area (Å²) in [4.78, 5) is -0.0166. The zero-order chi connectivity index (χ0) is 15.8. The lowest BCUT2D eigenvalue weighted by molar-refractivity contribution is 0.212. The van der Waals surface area contributed by atoms with E-state index < -0.39 is 19.1 Å². The van der Waals surface area contributed by atoms with Crippen LogP contribution in [0.25, 0.3) is 0 Å². The average molecular weight is 352 g/mol. The van der Waals surface area contributed by atoms with Gasteiger partial charge in [0.25, 0.3) is 9.05 Å². The fourth-order valence-electron chi connectivity index (χ4n) is 2.37. The first-order chi connectivity index (χ1) is 9.62. The van der Waals surface area contributed by atoms with Gasteiger partial charge in [0.05, 0.1) is 9.79 Å². The van der Waals surface area contributed by atoms with Crippen LogP contribution >= 0.6 is 10.7 Å². The van der Waals surface area contributed by atoms with Gasteiger partial charge in [-0.25, -0.2) is 16.8 Å². The second kappa shape index (κ2) is 5.87. The predicted molar refractivity (Wildman–Crippen MR) is 81.2 cm³/mol. The third kappa shape index (κ3) is 3.59. The number of sulfonamides is 1. The maximum absolute atomic E-state index is 12.5. The molecule has 0 radical (unpaired) electrons. The highest BCUT2D eigenvalue weighted by atomic mass is 35.7. The Bertz CT molecular complexity index is 713. The molecular weight excluding hydrogens is 334 g/mol. The monoisotopic (exact) mass is 351 g/mol. The number of hydrogen-bond donors (Lipinski definition) is 0. The second-order valence-corrected chi connectivity index (χ2v) is 10.0. The van der Waals surface area contributed by atoms with E-state index in [4.69, 9.17) is 10.7 Å². The topological polar surface area (TPSA) is 71.5 Å². The van der Waals surface area contributed by atoms with E-state index in [1.165, 1.54) is 28.6 Å². The minimum Gasteiger partial charge on any atom is -0.207 e. The van der Waals surface area contributed by atoms with Gasteiger partial charge in [0.1, 0.15) is 0 Å². The van der Waals surface area contributed by atoms with E-state index in [9.17, 15) is 16.8 Å². The number of hydrogen-bond acceptors (Lipinski definition) is 4. The number of nitrogens with zero attached hydrogens (tertiary/aromatic N) is 1. The minimum absolute atomic E-state index is 0.0910. The quantitative estimate of drug-likeness (QED) is 0.783. The summed E-state index contributed by atoms with van der Waals surface area (Å²) >= 11 is 0. The SMILES string of the molecule is CC1CCN(S(=O)(=O)c2ccc(S(=O)(=O)Cl)cc2)CC1C. The van der Waals surface area contributed by atoms with Gasteiger partial charge in [-0.2, -0.15) is 4.31 Å². The van der Waals surface area contributed by atoms with Gasteiger partial charge in [0, 0.05) is 23.8 Å². The van der Waals surface area contributed by atoms with Crippen LogP contribution in [0.1, 0.15) is 20.3 Å². The van der Waals surface area contributed by atoms with Crippen molar-refractivity contribution in [1.29, 1.82) is 0 Å². The minimum atomic E-state index is -3.84. The zero-order valence-electron chi connectivity index (χ0n) is 11.9. The third-order valence-electron chi connectivity index (χ3n) is 4.04. The van der Waals surface area contributed by atoms with Crippen molar-refractivity contribution in [3.63, 3.8) is 0 Å². The Morgan fingerprint density at radius 3 is 2.00 bits per heavy atom. The van der Waals surface area contributed by atoms with Crippen LogP contribution in [0.15, 0.2) is 34.1 Å².